The maximum absolute atomic E-state index is 5.50. The van der Waals surface area contributed by atoms with Crippen molar-refractivity contribution in [3.05, 3.63) is 23.0 Å². The van der Waals surface area contributed by atoms with E-state index in [2.05, 4.69) is 27.4 Å². The molecule has 0 bridgehead atoms. The Morgan fingerprint density at radius 2 is 2.10 bits per heavy atom. The number of nitrogens with zero attached hydrogens (tertiary/aromatic N) is 2. The van der Waals surface area contributed by atoms with Crippen molar-refractivity contribution < 1.29 is 4.74 Å². The van der Waals surface area contributed by atoms with Crippen molar-refractivity contribution in [2.45, 2.75) is 25.8 Å². The summed E-state index contributed by atoms with van der Waals surface area (Å²) in [5.74, 6) is 0.855. The van der Waals surface area contributed by atoms with Crippen LogP contribution in [0.3, 0.4) is 0 Å². The zero-order chi connectivity index (χ0) is 14.1. The average Bonchev–Trinajstić information content (AvgIpc) is 3.03. The number of aromatic nitrogens is 2. The van der Waals surface area contributed by atoms with Crippen LogP contribution in [0.5, 0.6) is 5.75 Å². The van der Waals surface area contributed by atoms with Crippen molar-refractivity contribution in [1.29, 1.82) is 0 Å². The molecule has 4 nitrogen and oxygen atoms in total. The van der Waals surface area contributed by atoms with Crippen LogP contribution in [0.25, 0.3) is 11.0 Å². The average molecular weight is 291 g/mol. The molecule has 1 aromatic heterocycles. The summed E-state index contributed by atoms with van der Waals surface area (Å²) in [4.78, 5) is 5.81. The fourth-order valence-electron chi connectivity index (χ4n) is 3.10. The van der Waals surface area contributed by atoms with Crippen LogP contribution in [0.1, 0.15) is 25.8 Å². The molecule has 108 valence electrons. The van der Waals surface area contributed by atoms with E-state index in [-0.39, 0.29) is 0 Å². The number of fused-ring (bicyclic) bond motifs is 1. The Hall–Kier alpha value is -1.33. The Kier molecular flexibility index (Phi) is 3.81. The predicted octanol–water partition coefficient (Wildman–Crippen LogP) is 3.36. The van der Waals surface area contributed by atoms with Gasteiger partial charge in [0.25, 0.3) is 0 Å². The standard InChI is InChI=1S/C15H21N3OS/c1-11(10-17-7-3-4-8-17)18-14-6-5-12(19-2)9-13(14)16-15(18)20/h5-6,9,11H,3-4,7-8,10H2,1-2H3,(H,16,20). The van der Waals surface area contributed by atoms with Crippen LogP contribution in [0.4, 0.5) is 0 Å². The van der Waals surface area contributed by atoms with Crippen LogP contribution >= 0.6 is 12.2 Å². The minimum Gasteiger partial charge on any atom is -0.497 e. The highest BCUT2D eigenvalue weighted by Crippen LogP contribution is 2.24. The summed E-state index contributed by atoms with van der Waals surface area (Å²) in [6, 6.07) is 6.46. The molecule has 5 heteroatoms. The third-order valence-corrected chi connectivity index (χ3v) is 4.38. The molecule has 0 radical (unpaired) electrons. The van der Waals surface area contributed by atoms with E-state index in [9.17, 15) is 0 Å². The van der Waals surface area contributed by atoms with Gasteiger partial charge in [0.15, 0.2) is 4.77 Å². The van der Waals surface area contributed by atoms with Crippen molar-refractivity contribution in [1.82, 2.24) is 14.5 Å². The van der Waals surface area contributed by atoms with Crippen LogP contribution in [-0.2, 0) is 0 Å². The SMILES string of the molecule is COc1ccc2c(c1)[nH]c(=S)n2C(C)CN1CCCC1. The summed E-state index contributed by atoms with van der Waals surface area (Å²) in [5.41, 5.74) is 2.20. The van der Waals surface area contributed by atoms with Gasteiger partial charge in [0.05, 0.1) is 18.1 Å². The quantitative estimate of drug-likeness (QED) is 0.877. The zero-order valence-corrected chi connectivity index (χ0v) is 12.9. The topological polar surface area (TPSA) is 33.2 Å². The summed E-state index contributed by atoms with van der Waals surface area (Å²) >= 11 is 5.50. The van der Waals surface area contributed by atoms with Gasteiger partial charge in [0, 0.05) is 18.7 Å². The van der Waals surface area contributed by atoms with E-state index in [0.29, 0.717) is 6.04 Å². The lowest BCUT2D eigenvalue weighted by molar-refractivity contribution is 0.289. The fraction of sp³-hybridized carbons (Fsp3) is 0.533. The van der Waals surface area contributed by atoms with Gasteiger partial charge >= 0.3 is 0 Å². The lowest BCUT2D eigenvalue weighted by Crippen LogP contribution is -2.27. The number of rotatable bonds is 4. The Balaban J connectivity index is 1.93. The van der Waals surface area contributed by atoms with Crippen LogP contribution in [0.2, 0.25) is 0 Å². The summed E-state index contributed by atoms with van der Waals surface area (Å²) in [7, 11) is 1.68. The molecule has 1 atom stereocenters. The number of imidazole rings is 1. The van der Waals surface area contributed by atoms with Crippen molar-refractivity contribution in [3.63, 3.8) is 0 Å². The Labute approximate surface area is 124 Å². The predicted molar refractivity (Wildman–Crippen MR) is 84.1 cm³/mol. The van der Waals surface area contributed by atoms with Crippen molar-refractivity contribution in [2.75, 3.05) is 26.7 Å². The Bertz CT molecular complexity index is 655. The molecule has 0 saturated carbocycles. The van der Waals surface area contributed by atoms with Gasteiger partial charge in [-0.25, -0.2) is 0 Å². The minimum absolute atomic E-state index is 0.378. The first kappa shape index (κ1) is 13.6. The molecule has 0 aliphatic carbocycles. The number of methoxy groups -OCH3 is 1. The lowest BCUT2D eigenvalue weighted by atomic mass is 10.2. The van der Waals surface area contributed by atoms with Gasteiger partial charge in [-0.2, -0.15) is 0 Å². The molecule has 1 N–H and O–H groups in total. The van der Waals surface area contributed by atoms with Gasteiger partial charge < -0.3 is 19.2 Å². The third kappa shape index (κ3) is 2.47. The van der Waals surface area contributed by atoms with E-state index in [1.807, 2.05) is 12.1 Å². The number of likely N-dealkylation sites (tertiary alicyclic amines) is 1. The fourth-order valence-corrected chi connectivity index (χ4v) is 3.48. The monoisotopic (exact) mass is 291 g/mol. The van der Waals surface area contributed by atoms with Crippen molar-refractivity contribution >= 4 is 23.3 Å². The number of H-pyrrole nitrogens is 1. The van der Waals surface area contributed by atoms with Gasteiger partial charge in [-0.1, -0.05) is 0 Å². The summed E-state index contributed by atoms with van der Waals surface area (Å²) < 4.78 is 8.28. The molecule has 1 aliphatic rings. The first-order valence-corrected chi connectivity index (χ1v) is 7.60. The van der Waals surface area contributed by atoms with Gasteiger partial charge in [0.1, 0.15) is 5.75 Å². The van der Waals surface area contributed by atoms with Crippen LogP contribution < -0.4 is 4.74 Å². The van der Waals surface area contributed by atoms with Gasteiger partial charge in [-0.15, -0.1) is 0 Å². The normalized spacial score (nSPS) is 17.7. The second-order valence-electron chi connectivity index (χ2n) is 5.54. The van der Waals surface area contributed by atoms with Gasteiger partial charge in [-0.3, -0.25) is 0 Å². The minimum atomic E-state index is 0.378. The lowest BCUT2D eigenvalue weighted by Gasteiger charge is -2.22. The van der Waals surface area contributed by atoms with E-state index < -0.39 is 0 Å². The second kappa shape index (κ2) is 5.58. The molecule has 1 fully saturated rings. The van der Waals surface area contributed by atoms with Crippen LogP contribution in [-0.4, -0.2) is 41.2 Å². The molecule has 3 rings (SSSR count). The molecule has 1 aromatic carbocycles. The smallest absolute Gasteiger partial charge is 0.178 e. The molecular formula is C15H21N3OS. The van der Waals surface area contributed by atoms with Crippen molar-refractivity contribution in [3.8, 4) is 5.75 Å². The van der Waals surface area contributed by atoms with E-state index in [4.69, 9.17) is 17.0 Å². The highest BCUT2D eigenvalue weighted by molar-refractivity contribution is 7.71. The van der Waals surface area contributed by atoms with E-state index in [1.165, 1.54) is 25.9 Å². The molecule has 0 amide bonds. The van der Waals surface area contributed by atoms with Crippen LogP contribution in [0.15, 0.2) is 18.2 Å². The molecule has 2 heterocycles. The molecular weight excluding hydrogens is 270 g/mol. The molecule has 1 unspecified atom stereocenters. The van der Waals surface area contributed by atoms with E-state index in [1.54, 1.807) is 7.11 Å². The number of aromatic amines is 1. The molecule has 0 spiro atoms. The van der Waals surface area contributed by atoms with Crippen LogP contribution in [0, 0.1) is 4.77 Å². The highest BCUT2D eigenvalue weighted by atomic mass is 32.1. The summed E-state index contributed by atoms with van der Waals surface area (Å²) in [6.45, 7) is 5.74. The van der Waals surface area contributed by atoms with Gasteiger partial charge in [0.2, 0.25) is 0 Å². The highest BCUT2D eigenvalue weighted by Gasteiger charge is 2.18. The number of benzene rings is 1. The molecule has 2 aromatic rings. The van der Waals surface area contributed by atoms with E-state index in [0.717, 1.165) is 28.1 Å². The number of ether oxygens (including phenoxy) is 1. The van der Waals surface area contributed by atoms with Crippen molar-refractivity contribution in [2.24, 2.45) is 0 Å². The Morgan fingerprint density at radius 1 is 1.35 bits per heavy atom. The van der Waals surface area contributed by atoms with E-state index >= 15 is 0 Å². The Morgan fingerprint density at radius 3 is 2.80 bits per heavy atom. The number of hydrogen-bond acceptors (Lipinski definition) is 3. The number of hydrogen-bond donors (Lipinski definition) is 1. The number of nitrogens with one attached hydrogen (secondary N) is 1. The largest absolute Gasteiger partial charge is 0.497 e. The maximum atomic E-state index is 5.50. The molecule has 20 heavy (non-hydrogen) atoms. The molecule has 1 aliphatic heterocycles. The third-order valence-electron chi connectivity index (χ3n) is 4.09. The summed E-state index contributed by atoms with van der Waals surface area (Å²) in [6.07, 6.45) is 2.65. The molecule has 1 saturated heterocycles. The second-order valence-corrected chi connectivity index (χ2v) is 5.93. The first-order chi connectivity index (χ1) is 9.69. The maximum Gasteiger partial charge on any atom is 0.178 e. The first-order valence-electron chi connectivity index (χ1n) is 7.19. The summed E-state index contributed by atoms with van der Waals surface area (Å²) in [5, 5.41) is 0. The zero-order valence-electron chi connectivity index (χ0n) is 12.1. The van der Waals surface area contributed by atoms with Gasteiger partial charge in [-0.05, 0) is 57.2 Å².